The summed E-state index contributed by atoms with van der Waals surface area (Å²) in [5.41, 5.74) is 4.37. The van der Waals surface area contributed by atoms with Gasteiger partial charge in [-0.2, -0.15) is 0 Å². The van der Waals surface area contributed by atoms with Crippen LogP contribution in [0.25, 0.3) is 11.1 Å². The fourth-order valence-electron chi connectivity index (χ4n) is 3.59. The second-order valence-corrected chi connectivity index (χ2v) is 10.5. The van der Waals surface area contributed by atoms with E-state index >= 15 is 0 Å². The van der Waals surface area contributed by atoms with E-state index in [1.165, 1.54) is 0 Å². The third-order valence-electron chi connectivity index (χ3n) is 5.29. The zero-order valence-corrected chi connectivity index (χ0v) is 19.8. The lowest BCUT2D eigenvalue weighted by atomic mass is 10.0. The molecule has 1 aliphatic rings. The van der Waals surface area contributed by atoms with E-state index in [9.17, 15) is 13.2 Å². The van der Waals surface area contributed by atoms with Gasteiger partial charge in [0.05, 0.1) is 12.1 Å². The quantitative estimate of drug-likeness (QED) is 0.556. The number of carbonyl (C=O) groups is 1. The summed E-state index contributed by atoms with van der Waals surface area (Å²) < 4.78 is 23.8. The summed E-state index contributed by atoms with van der Waals surface area (Å²) in [7, 11) is -3.91. The van der Waals surface area contributed by atoms with Crippen molar-refractivity contribution in [3.63, 3.8) is 0 Å². The van der Waals surface area contributed by atoms with Crippen molar-refractivity contribution in [2.75, 3.05) is 18.0 Å². The van der Waals surface area contributed by atoms with E-state index in [0.29, 0.717) is 23.9 Å². The Balaban J connectivity index is 1.59. The summed E-state index contributed by atoms with van der Waals surface area (Å²) in [6.45, 7) is 2.56. The molecule has 2 N–H and O–H groups in total. The minimum atomic E-state index is -3.91. The lowest BCUT2D eigenvalue weighted by Gasteiger charge is -2.22. The highest BCUT2D eigenvalue weighted by Crippen LogP contribution is 2.30. The van der Waals surface area contributed by atoms with Crippen LogP contribution in [0.5, 0.6) is 0 Å². The number of nitrogens with two attached hydrogens (primary N) is 1. The Bertz CT molecular complexity index is 1310. The van der Waals surface area contributed by atoms with Gasteiger partial charge < -0.3 is 0 Å². The number of sulfonamides is 1. The number of aliphatic imine (C=N–C) groups is 1. The van der Waals surface area contributed by atoms with Gasteiger partial charge in [-0.1, -0.05) is 65.9 Å². The summed E-state index contributed by atoms with van der Waals surface area (Å²) in [4.78, 5) is 23.5. The smallest absolute Gasteiger partial charge is 0.249 e. The number of amides is 1. The minimum Gasteiger partial charge on any atom is -0.293 e. The highest BCUT2D eigenvalue weighted by Gasteiger charge is 2.25. The number of allylic oxidation sites excluding steroid dienone is 1. The molecule has 1 aliphatic heterocycles. The van der Waals surface area contributed by atoms with Gasteiger partial charge in [0.1, 0.15) is 0 Å². The number of rotatable bonds is 7. The lowest BCUT2D eigenvalue weighted by molar-refractivity contribution is -0.117. The van der Waals surface area contributed by atoms with Gasteiger partial charge >= 0.3 is 0 Å². The normalized spacial score (nSPS) is 13.6. The average molecular weight is 481 g/mol. The molecule has 33 heavy (non-hydrogen) atoms. The van der Waals surface area contributed by atoms with Crippen LogP contribution in [0.2, 0.25) is 0 Å². The monoisotopic (exact) mass is 480 g/mol. The van der Waals surface area contributed by atoms with E-state index in [-0.39, 0.29) is 16.5 Å². The maximum atomic E-state index is 13.4. The fourth-order valence-corrected chi connectivity index (χ4v) is 5.55. The third-order valence-corrected chi connectivity index (χ3v) is 8.02. The first-order valence-electron chi connectivity index (χ1n) is 10.4. The van der Waals surface area contributed by atoms with Gasteiger partial charge in [-0.05, 0) is 41.7 Å². The van der Waals surface area contributed by atoms with E-state index in [2.05, 4.69) is 9.98 Å². The van der Waals surface area contributed by atoms with Gasteiger partial charge in [0, 0.05) is 19.3 Å². The average Bonchev–Trinajstić information content (AvgIpc) is 3.21. The molecular formula is C24H24N4O3S2. The molecule has 4 rings (SSSR count). The number of hydrogen-bond donors (Lipinski definition) is 1. The van der Waals surface area contributed by atoms with Crippen LogP contribution >= 0.6 is 11.3 Å². The molecule has 2 heterocycles. The Labute approximate surface area is 197 Å². The summed E-state index contributed by atoms with van der Waals surface area (Å²) in [5.74, 6) is -0.166. The van der Waals surface area contributed by atoms with Crippen molar-refractivity contribution in [2.45, 2.75) is 24.0 Å². The molecule has 0 saturated carbocycles. The first kappa shape index (κ1) is 23.0. The van der Waals surface area contributed by atoms with E-state index in [1.54, 1.807) is 18.0 Å². The predicted octanol–water partition coefficient (Wildman–Crippen LogP) is 3.74. The molecule has 0 radical (unpaired) electrons. The zero-order valence-electron chi connectivity index (χ0n) is 18.1. The van der Waals surface area contributed by atoms with Crippen LogP contribution in [0.3, 0.4) is 0 Å². The number of benzene rings is 2. The Morgan fingerprint density at radius 3 is 2.39 bits per heavy atom. The number of aryl methyl sites for hydroxylation is 1. The lowest BCUT2D eigenvalue weighted by Crippen LogP contribution is -2.34. The topological polar surface area (TPSA) is 106 Å². The number of carbonyl (C=O) groups excluding carboxylic acids is 1. The van der Waals surface area contributed by atoms with Gasteiger partial charge in [0.2, 0.25) is 15.9 Å². The summed E-state index contributed by atoms with van der Waals surface area (Å²) in [6.07, 6.45) is 4.52. The number of primary sulfonamides is 1. The van der Waals surface area contributed by atoms with Crippen LogP contribution < -0.4 is 10.0 Å². The van der Waals surface area contributed by atoms with E-state index in [1.807, 2.05) is 60.7 Å². The van der Waals surface area contributed by atoms with Gasteiger partial charge in [0.25, 0.3) is 0 Å². The van der Waals surface area contributed by atoms with Crippen LogP contribution in [0.1, 0.15) is 17.7 Å². The number of aromatic nitrogens is 1. The van der Waals surface area contributed by atoms with Crippen molar-refractivity contribution in [1.29, 1.82) is 0 Å². The molecule has 0 unspecified atom stereocenters. The second-order valence-electron chi connectivity index (χ2n) is 7.76. The SMILES string of the molecule is Cc1nc(N(CC2=CC=NCC2)C(=O)Cc2ccc(-c3ccccc3)cc2)sc1S(N)(=O)=O. The molecule has 0 aliphatic carbocycles. The van der Waals surface area contributed by atoms with Crippen molar-refractivity contribution in [3.8, 4) is 11.1 Å². The molecule has 1 aromatic heterocycles. The molecule has 0 fully saturated rings. The summed E-state index contributed by atoms with van der Waals surface area (Å²) >= 11 is 0.922. The first-order chi connectivity index (χ1) is 15.8. The Kier molecular flexibility index (Phi) is 6.83. The van der Waals surface area contributed by atoms with Gasteiger partial charge in [0.15, 0.2) is 9.34 Å². The zero-order chi connectivity index (χ0) is 23.4. The molecule has 0 spiro atoms. The van der Waals surface area contributed by atoms with Crippen LogP contribution in [0.4, 0.5) is 5.13 Å². The Hall–Kier alpha value is -3.14. The van der Waals surface area contributed by atoms with Crippen LogP contribution in [0, 0.1) is 6.92 Å². The van der Waals surface area contributed by atoms with Crippen LogP contribution in [-0.4, -0.2) is 38.6 Å². The molecule has 9 heteroatoms. The first-order valence-corrected chi connectivity index (χ1v) is 12.8. The van der Waals surface area contributed by atoms with Crippen molar-refractivity contribution in [3.05, 3.63) is 77.5 Å². The highest BCUT2D eigenvalue weighted by molar-refractivity contribution is 7.91. The van der Waals surface area contributed by atoms with E-state index in [0.717, 1.165) is 40.0 Å². The number of thiazole rings is 1. The highest BCUT2D eigenvalue weighted by atomic mass is 32.2. The molecule has 1 amide bonds. The molecular weight excluding hydrogens is 456 g/mol. The number of nitrogens with zero attached hydrogens (tertiary/aromatic N) is 3. The summed E-state index contributed by atoms with van der Waals surface area (Å²) in [6, 6.07) is 17.9. The van der Waals surface area contributed by atoms with E-state index in [4.69, 9.17) is 5.14 Å². The van der Waals surface area contributed by atoms with E-state index < -0.39 is 10.0 Å². The molecule has 0 bridgehead atoms. The maximum absolute atomic E-state index is 13.4. The fraction of sp³-hybridized carbons (Fsp3) is 0.208. The Morgan fingerprint density at radius 2 is 1.79 bits per heavy atom. The number of anilines is 1. The maximum Gasteiger partial charge on any atom is 0.249 e. The van der Waals surface area contributed by atoms with Crippen molar-refractivity contribution < 1.29 is 13.2 Å². The summed E-state index contributed by atoms with van der Waals surface area (Å²) in [5, 5.41) is 5.65. The van der Waals surface area contributed by atoms with Crippen molar-refractivity contribution in [2.24, 2.45) is 10.1 Å². The van der Waals surface area contributed by atoms with Crippen LogP contribution in [-0.2, 0) is 21.2 Å². The Morgan fingerprint density at radius 1 is 1.09 bits per heavy atom. The molecule has 2 aromatic carbocycles. The van der Waals surface area contributed by atoms with Crippen LogP contribution in [0.15, 0.2) is 75.4 Å². The van der Waals surface area contributed by atoms with Crippen molar-refractivity contribution in [1.82, 2.24) is 4.98 Å². The minimum absolute atomic E-state index is 0.0262. The molecule has 0 saturated heterocycles. The molecule has 170 valence electrons. The molecule has 7 nitrogen and oxygen atoms in total. The van der Waals surface area contributed by atoms with Gasteiger partial charge in [-0.15, -0.1) is 0 Å². The molecule has 3 aromatic rings. The molecule has 0 atom stereocenters. The largest absolute Gasteiger partial charge is 0.293 e. The third kappa shape index (κ3) is 5.62. The number of hydrogen-bond acceptors (Lipinski definition) is 6. The second kappa shape index (κ2) is 9.78. The predicted molar refractivity (Wildman–Crippen MR) is 132 cm³/mol. The van der Waals surface area contributed by atoms with Crippen molar-refractivity contribution >= 4 is 38.6 Å². The number of dihydropyridines is 1. The standard InChI is InChI=1S/C24H24N4O3S2/c1-17-23(33(25,30)31)32-24(27-17)28(16-19-11-13-26-14-12-19)22(29)15-18-7-9-21(10-8-18)20-5-3-2-4-6-20/h2-11,13H,12,14-16H2,1H3,(H2,25,30,31). The van der Waals surface area contributed by atoms with Gasteiger partial charge in [-0.3, -0.25) is 14.7 Å². The van der Waals surface area contributed by atoms with Gasteiger partial charge in [-0.25, -0.2) is 18.5 Å².